The van der Waals surface area contributed by atoms with Gasteiger partial charge in [0.25, 0.3) is 0 Å². The lowest BCUT2D eigenvalue weighted by Crippen LogP contribution is -2.45. The fourth-order valence-electron chi connectivity index (χ4n) is 3.64. The molecule has 1 fully saturated rings. The van der Waals surface area contributed by atoms with E-state index in [1.54, 1.807) is 0 Å². The summed E-state index contributed by atoms with van der Waals surface area (Å²) in [5, 5.41) is 3.33. The Morgan fingerprint density at radius 1 is 1.26 bits per heavy atom. The lowest BCUT2D eigenvalue weighted by molar-refractivity contribution is 0.495. The number of rotatable bonds is 5. The molecule has 7 nitrogen and oxygen atoms in total. The summed E-state index contributed by atoms with van der Waals surface area (Å²) in [5.74, 6) is 1.48. The Kier molecular flexibility index (Phi) is 4.86. The summed E-state index contributed by atoms with van der Waals surface area (Å²) in [6.45, 7) is 9.83. The van der Waals surface area contributed by atoms with Gasteiger partial charge >= 0.3 is 0 Å². The summed E-state index contributed by atoms with van der Waals surface area (Å²) in [7, 11) is 0. The molecule has 0 aliphatic carbocycles. The van der Waals surface area contributed by atoms with Crippen LogP contribution in [0.2, 0.25) is 0 Å². The van der Waals surface area contributed by atoms with Crippen LogP contribution in [-0.2, 0) is 12.8 Å². The molecule has 144 valence electrons. The van der Waals surface area contributed by atoms with Crippen molar-refractivity contribution in [1.29, 1.82) is 0 Å². The molecule has 1 saturated heterocycles. The van der Waals surface area contributed by atoms with Crippen molar-refractivity contribution in [1.82, 2.24) is 20.3 Å². The molecule has 0 radical (unpaired) electrons. The van der Waals surface area contributed by atoms with Crippen LogP contribution < -0.4 is 15.6 Å². The number of nitrogens with one attached hydrogen (secondary N) is 2. The van der Waals surface area contributed by atoms with E-state index in [4.69, 9.17) is 4.42 Å². The lowest BCUT2D eigenvalue weighted by atomic mass is 10.1. The topological polar surface area (TPSA) is 87.0 Å². The van der Waals surface area contributed by atoms with Crippen LogP contribution in [0, 0.1) is 5.92 Å². The number of aryl methyl sites for hydroxylation is 2. The van der Waals surface area contributed by atoms with Gasteiger partial charge in [-0.1, -0.05) is 20.8 Å². The summed E-state index contributed by atoms with van der Waals surface area (Å²) in [5.41, 5.74) is 3.66. The minimum absolute atomic E-state index is 0.0400. The molecule has 3 aromatic rings. The average molecular weight is 369 g/mol. The molecule has 0 saturated carbocycles. The molecule has 0 atom stereocenters. The van der Waals surface area contributed by atoms with Gasteiger partial charge in [0.1, 0.15) is 17.0 Å². The number of nitrogens with zero attached hydrogens (tertiary/aromatic N) is 3. The summed E-state index contributed by atoms with van der Waals surface area (Å²) < 4.78 is 5.87. The second-order valence-corrected chi connectivity index (χ2v) is 7.63. The molecule has 0 unspecified atom stereocenters. The summed E-state index contributed by atoms with van der Waals surface area (Å²) in [6, 6.07) is 1.92. The van der Waals surface area contributed by atoms with Crippen molar-refractivity contribution in [3.8, 4) is 0 Å². The van der Waals surface area contributed by atoms with Crippen LogP contribution in [-0.4, -0.2) is 41.1 Å². The molecule has 27 heavy (non-hydrogen) atoms. The highest BCUT2D eigenvalue weighted by Crippen LogP contribution is 2.23. The van der Waals surface area contributed by atoms with Gasteiger partial charge in [-0.3, -0.25) is 4.79 Å². The highest BCUT2D eigenvalue weighted by atomic mass is 16.3. The summed E-state index contributed by atoms with van der Waals surface area (Å²) in [6.07, 6.45) is 2.64. The molecule has 0 aromatic carbocycles. The van der Waals surface area contributed by atoms with Gasteiger partial charge in [-0.05, 0) is 18.8 Å². The Balaban J connectivity index is 1.82. The lowest BCUT2D eigenvalue weighted by Gasteiger charge is -2.30. The van der Waals surface area contributed by atoms with Crippen LogP contribution in [0.1, 0.15) is 38.6 Å². The third-order valence-electron chi connectivity index (χ3n) is 5.15. The number of piperazine rings is 1. The molecule has 0 spiro atoms. The van der Waals surface area contributed by atoms with Crippen LogP contribution in [0.3, 0.4) is 0 Å². The molecule has 4 rings (SSSR count). The maximum atomic E-state index is 13.3. The molecule has 7 heteroatoms. The van der Waals surface area contributed by atoms with Crippen molar-refractivity contribution < 1.29 is 4.42 Å². The first-order valence-corrected chi connectivity index (χ1v) is 9.87. The zero-order chi connectivity index (χ0) is 19.0. The predicted molar refractivity (Wildman–Crippen MR) is 108 cm³/mol. The zero-order valence-electron chi connectivity index (χ0n) is 16.3. The van der Waals surface area contributed by atoms with Gasteiger partial charge < -0.3 is 19.6 Å². The minimum Gasteiger partial charge on any atom is -0.441 e. The van der Waals surface area contributed by atoms with Crippen molar-refractivity contribution >= 4 is 28.1 Å². The fraction of sp³-hybridized carbons (Fsp3) is 0.550. The second-order valence-electron chi connectivity index (χ2n) is 7.63. The quantitative estimate of drug-likeness (QED) is 0.719. The SMILES string of the molecule is CCc1[nH]c2nc3oc(CCC(C)C)cc3nc2c(=O)c1N1CCNCC1. The third kappa shape index (κ3) is 3.43. The number of aromatic nitrogens is 3. The van der Waals surface area contributed by atoms with Crippen LogP contribution in [0.5, 0.6) is 0 Å². The minimum atomic E-state index is -0.0400. The molecular weight excluding hydrogens is 342 g/mol. The van der Waals surface area contributed by atoms with E-state index in [2.05, 4.69) is 39.0 Å². The van der Waals surface area contributed by atoms with E-state index in [-0.39, 0.29) is 5.43 Å². The Morgan fingerprint density at radius 3 is 2.74 bits per heavy atom. The normalized spacial score (nSPS) is 15.3. The molecule has 2 N–H and O–H groups in total. The number of hydrogen-bond acceptors (Lipinski definition) is 6. The molecule has 4 heterocycles. The predicted octanol–water partition coefficient (Wildman–Crippen LogP) is 2.62. The molecular formula is C20H27N5O2. The molecule has 3 aromatic heterocycles. The van der Waals surface area contributed by atoms with Gasteiger partial charge in [-0.15, -0.1) is 0 Å². The van der Waals surface area contributed by atoms with Crippen molar-refractivity contribution in [2.45, 2.75) is 40.0 Å². The van der Waals surface area contributed by atoms with Crippen molar-refractivity contribution in [3.05, 3.63) is 27.7 Å². The van der Waals surface area contributed by atoms with Crippen molar-refractivity contribution in [2.75, 3.05) is 31.1 Å². The second kappa shape index (κ2) is 7.31. The number of fused-ring (bicyclic) bond motifs is 2. The fourth-order valence-corrected chi connectivity index (χ4v) is 3.64. The van der Waals surface area contributed by atoms with Gasteiger partial charge in [0.2, 0.25) is 11.1 Å². The van der Waals surface area contributed by atoms with E-state index in [0.717, 1.165) is 62.6 Å². The highest BCUT2D eigenvalue weighted by molar-refractivity contribution is 5.84. The monoisotopic (exact) mass is 369 g/mol. The standard InChI is InChI=1S/C20H27N5O2/c1-4-14-17(25-9-7-21-8-10-25)18(26)16-19(23-14)24-20-15(22-16)11-13(27-20)6-5-12(2)3/h11-12,21H,4-10H2,1-3H3,(H,23,24,26). The average Bonchev–Trinajstić information content (AvgIpc) is 3.07. The molecule has 0 bridgehead atoms. The van der Waals surface area contributed by atoms with Gasteiger partial charge in [-0.2, -0.15) is 4.98 Å². The largest absolute Gasteiger partial charge is 0.441 e. The number of anilines is 1. The van der Waals surface area contributed by atoms with Gasteiger partial charge in [0.15, 0.2) is 11.2 Å². The molecule has 1 aliphatic heterocycles. The van der Waals surface area contributed by atoms with E-state index < -0.39 is 0 Å². The Labute approximate surface area is 158 Å². The smallest absolute Gasteiger partial charge is 0.247 e. The first kappa shape index (κ1) is 18.0. The van der Waals surface area contributed by atoms with Crippen LogP contribution in [0.15, 0.2) is 15.3 Å². The Morgan fingerprint density at radius 2 is 2.04 bits per heavy atom. The zero-order valence-corrected chi connectivity index (χ0v) is 16.3. The maximum absolute atomic E-state index is 13.3. The van der Waals surface area contributed by atoms with Crippen molar-refractivity contribution in [2.24, 2.45) is 5.92 Å². The van der Waals surface area contributed by atoms with E-state index in [1.165, 1.54) is 0 Å². The number of hydrogen-bond donors (Lipinski definition) is 2. The van der Waals surface area contributed by atoms with E-state index in [1.807, 2.05) is 13.0 Å². The number of pyridine rings is 1. The Bertz CT molecular complexity index is 1010. The molecule has 0 amide bonds. The van der Waals surface area contributed by atoms with E-state index >= 15 is 0 Å². The van der Waals surface area contributed by atoms with Crippen LogP contribution in [0.4, 0.5) is 5.69 Å². The van der Waals surface area contributed by atoms with Gasteiger partial charge in [0.05, 0.1) is 0 Å². The summed E-state index contributed by atoms with van der Waals surface area (Å²) in [4.78, 5) is 27.9. The van der Waals surface area contributed by atoms with Gasteiger partial charge in [-0.25, -0.2) is 4.98 Å². The number of H-pyrrole nitrogens is 1. The summed E-state index contributed by atoms with van der Waals surface area (Å²) >= 11 is 0. The van der Waals surface area contributed by atoms with E-state index in [9.17, 15) is 4.79 Å². The van der Waals surface area contributed by atoms with Crippen LogP contribution in [0.25, 0.3) is 22.4 Å². The third-order valence-corrected chi connectivity index (χ3v) is 5.15. The Hall–Kier alpha value is -2.41. The molecule has 1 aliphatic rings. The highest BCUT2D eigenvalue weighted by Gasteiger charge is 2.21. The van der Waals surface area contributed by atoms with Crippen molar-refractivity contribution in [3.63, 3.8) is 0 Å². The number of furan rings is 1. The van der Waals surface area contributed by atoms with E-state index in [0.29, 0.717) is 28.3 Å². The van der Waals surface area contributed by atoms with Crippen LogP contribution >= 0.6 is 0 Å². The maximum Gasteiger partial charge on any atom is 0.247 e. The first-order valence-electron chi connectivity index (χ1n) is 9.87. The first-order chi connectivity index (χ1) is 13.1. The number of aromatic amines is 1. The van der Waals surface area contributed by atoms with Gasteiger partial charge in [0, 0.05) is 44.4 Å².